The first-order valence-electron chi connectivity index (χ1n) is 4.73. The molecule has 1 unspecified atom stereocenters. The van der Waals surface area contributed by atoms with Crippen LogP contribution in [-0.2, 0) is 4.79 Å². The van der Waals surface area contributed by atoms with E-state index in [4.69, 9.17) is 0 Å². The molecule has 1 atom stereocenters. The van der Waals surface area contributed by atoms with Gasteiger partial charge in [0.2, 0.25) is 5.91 Å². The third kappa shape index (κ3) is 3.18. The minimum absolute atomic E-state index is 0.0178. The zero-order valence-corrected chi connectivity index (χ0v) is 8.50. The number of rotatable bonds is 5. The van der Waals surface area contributed by atoms with Crippen LogP contribution >= 0.6 is 0 Å². The van der Waals surface area contributed by atoms with Crippen molar-refractivity contribution in [1.82, 2.24) is 20.6 Å². The Labute approximate surface area is 83.3 Å². The minimum atomic E-state index is -0.0730. The van der Waals surface area contributed by atoms with Gasteiger partial charge in [-0.25, -0.2) is 4.98 Å². The van der Waals surface area contributed by atoms with E-state index in [0.717, 1.165) is 12.4 Å². The minimum Gasteiger partial charge on any atom is -0.347 e. The van der Waals surface area contributed by atoms with Gasteiger partial charge in [0.25, 0.3) is 0 Å². The maximum atomic E-state index is 11.3. The maximum Gasteiger partial charge on any atom is 0.234 e. The van der Waals surface area contributed by atoms with Crippen LogP contribution in [0.3, 0.4) is 0 Å². The number of imidazole rings is 1. The topological polar surface area (TPSA) is 69.8 Å². The van der Waals surface area contributed by atoms with Crippen LogP contribution in [0, 0.1) is 0 Å². The number of hydrogen-bond acceptors (Lipinski definition) is 3. The van der Waals surface area contributed by atoms with Gasteiger partial charge in [0.15, 0.2) is 0 Å². The lowest BCUT2D eigenvalue weighted by atomic mass is 10.3. The van der Waals surface area contributed by atoms with Crippen molar-refractivity contribution in [2.75, 3.05) is 13.1 Å². The van der Waals surface area contributed by atoms with Crippen molar-refractivity contribution in [3.8, 4) is 0 Å². The zero-order chi connectivity index (χ0) is 10.4. The van der Waals surface area contributed by atoms with Crippen molar-refractivity contribution in [3.63, 3.8) is 0 Å². The standard InChI is InChI=1S/C9H16N4O/c1-3-10-6-8(14)13-7(2)9-11-4-5-12-9/h4-5,7,10H,3,6H2,1-2H3,(H,11,12)(H,13,14). The fourth-order valence-corrected chi connectivity index (χ4v) is 1.11. The Bertz CT molecular complexity index is 270. The third-order valence-corrected chi connectivity index (χ3v) is 1.84. The Morgan fingerprint density at radius 2 is 2.50 bits per heavy atom. The van der Waals surface area contributed by atoms with Crippen LogP contribution in [0.15, 0.2) is 12.4 Å². The van der Waals surface area contributed by atoms with Gasteiger partial charge >= 0.3 is 0 Å². The van der Waals surface area contributed by atoms with Crippen molar-refractivity contribution >= 4 is 5.91 Å². The van der Waals surface area contributed by atoms with Gasteiger partial charge in [-0.1, -0.05) is 6.92 Å². The van der Waals surface area contributed by atoms with E-state index >= 15 is 0 Å². The van der Waals surface area contributed by atoms with Crippen LogP contribution in [0.2, 0.25) is 0 Å². The van der Waals surface area contributed by atoms with Gasteiger partial charge in [-0.3, -0.25) is 4.79 Å². The quantitative estimate of drug-likeness (QED) is 0.630. The van der Waals surface area contributed by atoms with E-state index in [9.17, 15) is 4.79 Å². The van der Waals surface area contributed by atoms with Crippen LogP contribution in [0.25, 0.3) is 0 Å². The first kappa shape index (κ1) is 10.7. The van der Waals surface area contributed by atoms with Gasteiger partial charge in [0.1, 0.15) is 5.82 Å². The molecule has 0 saturated carbocycles. The predicted octanol–water partition coefficient (Wildman–Crippen LogP) is 0.196. The zero-order valence-electron chi connectivity index (χ0n) is 8.50. The molecule has 1 aromatic heterocycles. The lowest BCUT2D eigenvalue weighted by Crippen LogP contribution is -2.35. The summed E-state index contributed by atoms with van der Waals surface area (Å²) in [5.41, 5.74) is 0. The van der Waals surface area contributed by atoms with Gasteiger partial charge < -0.3 is 15.6 Å². The van der Waals surface area contributed by atoms with E-state index in [1.807, 2.05) is 13.8 Å². The summed E-state index contributed by atoms with van der Waals surface area (Å²) in [6, 6.07) is -0.0730. The highest BCUT2D eigenvalue weighted by atomic mass is 16.1. The Balaban J connectivity index is 2.33. The van der Waals surface area contributed by atoms with Crippen LogP contribution < -0.4 is 10.6 Å². The molecule has 1 aromatic rings. The van der Waals surface area contributed by atoms with Crippen LogP contribution in [0.1, 0.15) is 25.7 Å². The molecule has 1 amide bonds. The second-order valence-electron chi connectivity index (χ2n) is 3.04. The second kappa shape index (κ2) is 5.39. The number of amides is 1. The van der Waals surface area contributed by atoms with Gasteiger partial charge in [-0.15, -0.1) is 0 Å². The van der Waals surface area contributed by atoms with Crippen molar-refractivity contribution in [2.45, 2.75) is 19.9 Å². The average Bonchev–Trinajstić information content (AvgIpc) is 2.67. The summed E-state index contributed by atoms with van der Waals surface area (Å²) in [7, 11) is 0. The number of likely N-dealkylation sites (N-methyl/N-ethyl adjacent to an activating group) is 1. The van der Waals surface area contributed by atoms with E-state index in [2.05, 4.69) is 20.6 Å². The Morgan fingerprint density at radius 1 is 1.71 bits per heavy atom. The Hall–Kier alpha value is -1.36. The summed E-state index contributed by atoms with van der Waals surface area (Å²) in [5, 5.41) is 5.78. The summed E-state index contributed by atoms with van der Waals surface area (Å²) in [4.78, 5) is 18.3. The van der Waals surface area contributed by atoms with Crippen molar-refractivity contribution in [1.29, 1.82) is 0 Å². The van der Waals surface area contributed by atoms with Gasteiger partial charge in [-0.05, 0) is 13.5 Å². The molecule has 0 saturated heterocycles. The first-order valence-corrected chi connectivity index (χ1v) is 4.73. The average molecular weight is 196 g/mol. The van der Waals surface area contributed by atoms with Gasteiger partial charge in [-0.2, -0.15) is 0 Å². The van der Waals surface area contributed by atoms with E-state index in [-0.39, 0.29) is 11.9 Å². The van der Waals surface area contributed by atoms with E-state index < -0.39 is 0 Å². The van der Waals surface area contributed by atoms with Crippen LogP contribution in [0.5, 0.6) is 0 Å². The summed E-state index contributed by atoms with van der Waals surface area (Å²) in [6.07, 6.45) is 3.41. The molecule has 0 bridgehead atoms. The number of aromatic amines is 1. The molecule has 1 heterocycles. The SMILES string of the molecule is CCNCC(=O)NC(C)c1ncc[nH]1. The summed E-state index contributed by atoms with van der Waals surface area (Å²) >= 11 is 0. The molecule has 1 rings (SSSR count). The van der Waals surface area contributed by atoms with E-state index in [1.54, 1.807) is 12.4 Å². The molecule has 0 aliphatic rings. The normalized spacial score (nSPS) is 12.4. The fraction of sp³-hybridized carbons (Fsp3) is 0.556. The Morgan fingerprint density at radius 3 is 3.07 bits per heavy atom. The lowest BCUT2D eigenvalue weighted by molar-refractivity contribution is -0.120. The molecule has 0 aliphatic heterocycles. The summed E-state index contributed by atoms with van der Waals surface area (Å²) in [5.74, 6) is 0.755. The molecule has 78 valence electrons. The predicted molar refractivity (Wildman–Crippen MR) is 53.7 cm³/mol. The third-order valence-electron chi connectivity index (χ3n) is 1.84. The van der Waals surface area contributed by atoms with Crippen molar-refractivity contribution in [3.05, 3.63) is 18.2 Å². The van der Waals surface area contributed by atoms with Crippen molar-refractivity contribution in [2.24, 2.45) is 0 Å². The second-order valence-corrected chi connectivity index (χ2v) is 3.04. The van der Waals surface area contributed by atoms with E-state index in [1.165, 1.54) is 0 Å². The Kier molecular flexibility index (Phi) is 4.12. The highest BCUT2D eigenvalue weighted by molar-refractivity contribution is 5.78. The number of aromatic nitrogens is 2. The molecule has 0 radical (unpaired) electrons. The van der Waals surface area contributed by atoms with E-state index in [0.29, 0.717) is 6.54 Å². The number of carbonyl (C=O) groups excluding carboxylic acids is 1. The monoisotopic (exact) mass is 196 g/mol. The smallest absolute Gasteiger partial charge is 0.234 e. The van der Waals surface area contributed by atoms with Gasteiger partial charge in [0, 0.05) is 12.4 Å². The number of nitrogens with one attached hydrogen (secondary N) is 3. The number of nitrogens with zero attached hydrogens (tertiary/aromatic N) is 1. The van der Waals surface area contributed by atoms with Crippen LogP contribution in [-0.4, -0.2) is 29.0 Å². The first-order chi connectivity index (χ1) is 6.74. The maximum absolute atomic E-state index is 11.3. The molecule has 0 spiro atoms. The molecule has 5 nitrogen and oxygen atoms in total. The fourth-order valence-electron chi connectivity index (χ4n) is 1.11. The number of H-pyrrole nitrogens is 1. The van der Waals surface area contributed by atoms with Crippen molar-refractivity contribution < 1.29 is 4.79 Å². The van der Waals surface area contributed by atoms with Crippen LogP contribution in [0.4, 0.5) is 0 Å². The molecular formula is C9H16N4O. The largest absolute Gasteiger partial charge is 0.347 e. The molecule has 14 heavy (non-hydrogen) atoms. The van der Waals surface area contributed by atoms with Gasteiger partial charge in [0.05, 0.1) is 12.6 Å². The summed E-state index contributed by atoms with van der Waals surface area (Å²) in [6.45, 7) is 5.00. The number of carbonyl (C=O) groups is 1. The molecule has 0 aliphatic carbocycles. The molecule has 0 aromatic carbocycles. The summed E-state index contributed by atoms with van der Waals surface area (Å²) < 4.78 is 0. The molecule has 3 N–H and O–H groups in total. The lowest BCUT2D eigenvalue weighted by Gasteiger charge is -2.11. The highest BCUT2D eigenvalue weighted by Gasteiger charge is 2.09. The molecule has 5 heteroatoms. The molecule has 0 fully saturated rings. The molecular weight excluding hydrogens is 180 g/mol. The highest BCUT2D eigenvalue weighted by Crippen LogP contribution is 2.03. The number of hydrogen-bond donors (Lipinski definition) is 3.